The Morgan fingerprint density at radius 2 is 2.08 bits per heavy atom. The van der Waals surface area contributed by atoms with Crippen LogP contribution in [0, 0.1) is 0 Å². The molecule has 0 atom stereocenters. The van der Waals surface area contributed by atoms with Crippen LogP contribution in [0.1, 0.15) is 11.1 Å². The molecule has 0 nitrogen and oxygen atoms in total. The predicted octanol–water partition coefficient (Wildman–Crippen LogP) is 2.81. The quantitative estimate of drug-likeness (QED) is 0.740. The monoisotopic (exact) mass is 275 g/mol. The summed E-state index contributed by atoms with van der Waals surface area (Å²) in [6.45, 7) is 0. The summed E-state index contributed by atoms with van der Waals surface area (Å²) in [4.78, 5) is 0. The van der Waals surface area contributed by atoms with E-state index in [9.17, 15) is 0 Å². The molecule has 1 aromatic rings. The van der Waals surface area contributed by atoms with Gasteiger partial charge in [0, 0.05) is 0 Å². The SMILES string of the molecule is [Cl][Zr]([Cl])[c]1ccc2c(c1)C=CC2. The van der Waals surface area contributed by atoms with Gasteiger partial charge < -0.3 is 0 Å². The molecule has 0 radical (unpaired) electrons. The van der Waals surface area contributed by atoms with Crippen LogP contribution in [0.15, 0.2) is 24.3 Å². The fraction of sp³-hybridized carbons (Fsp3) is 0.111. The number of hydrogen-bond acceptors (Lipinski definition) is 0. The molecule has 0 fully saturated rings. The van der Waals surface area contributed by atoms with Crippen LogP contribution in [0.3, 0.4) is 0 Å². The topological polar surface area (TPSA) is 0 Å². The van der Waals surface area contributed by atoms with Crippen LogP contribution in [0.2, 0.25) is 0 Å². The van der Waals surface area contributed by atoms with E-state index < -0.39 is 19.4 Å². The fourth-order valence-corrected chi connectivity index (χ4v) is 3.92. The molecule has 0 N–H and O–H groups in total. The normalized spacial score (nSPS) is 13.2. The molecule has 0 amide bonds. The predicted molar refractivity (Wildman–Crippen MR) is 50.5 cm³/mol. The Bertz CT molecular complexity index is 331. The summed E-state index contributed by atoms with van der Waals surface area (Å²) in [6, 6.07) is 6.34. The van der Waals surface area contributed by atoms with Crippen LogP contribution in [-0.4, -0.2) is 0 Å². The van der Waals surface area contributed by atoms with E-state index in [0.29, 0.717) is 0 Å². The van der Waals surface area contributed by atoms with Gasteiger partial charge in [0.2, 0.25) is 0 Å². The summed E-state index contributed by atoms with van der Waals surface area (Å²) in [6.07, 6.45) is 5.36. The first-order valence-electron chi connectivity index (χ1n) is 3.75. The Balaban J connectivity index is 2.44. The molecule has 12 heavy (non-hydrogen) atoms. The summed E-state index contributed by atoms with van der Waals surface area (Å²) >= 11 is -2.17. The first-order chi connectivity index (χ1) is 5.77. The van der Waals surface area contributed by atoms with E-state index >= 15 is 0 Å². The van der Waals surface area contributed by atoms with Crippen LogP contribution in [0.25, 0.3) is 6.08 Å². The molecule has 1 aliphatic carbocycles. The van der Waals surface area contributed by atoms with Gasteiger partial charge in [-0.1, -0.05) is 0 Å². The molecule has 0 heterocycles. The van der Waals surface area contributed by atoms with E-state index in [4.69, 9.17) is 17.0 Å². The zero-order valence-electron chi connectivity index (χ0n) is 6.35. The van der Waals surface area contributed by atoms with Crippen molar-refractivity contribution >= 4 is 26.4 Å². The summed E-state index contributed by atoms with van der Waals surface area (Å²) in [5.41, 5.74) is 2.68. The Kier molecular flexibility index (Phi) is 2.74. The molecule has 0 saturated carbocycles. The van der Waals surface area contributed by atoms with Gasteiger partial charge >= 0.3 is 87.6 Å². The third-order valence-electron chi connectivity index (χ3n) is 2.00. The van der Waals surface area contributed by atoms with Gasteiger partial charge in [-0.05, 0) is 0 Å². The van der Waals surface area contributed by atoms with Crippen molar-refractivity contribution in [2.45, 2.75) is 6.42 Å². The average Bonchev–Trinajstić information content (AvgIpc) is 2.49. The number of hydrogen-bond donors (Lipinski definition) is 0. The maximum atomic E-state index is 5.94. The van der Waals surface area contributed by atoms with E-state index in [-0.39, 0.29) is 0 Å². The third-order valence-corrected chi connectivity index (χ3v) is 6.42. The van der Waals surface area contributed by atoms with Gasteiger partial charge in [-0.15, -0.1) is 0 Å². The molecule has 0 aromatic heterocycles. The van der Waals surface area contributed by atoms with Crippen molar-refractivity contribution in [1.29, 1.82) is 0 Å². The first kappa shape index (κ1) is 9.00. The Morgan fingerprint density at radius 1 is 1.25 bits per heavy atom. The van der Waals surface area contributed by atoms with Crippen LogP contribution < -0.4 is 3.27 Å². The molecular formula is C9H7Cl2Zr. The Hall–Kier alpha value is 0.423. The van der Waals surface area contributed by atoms with E-state index in [2.05, 4.69) is 30.4 Å². The van der Waals surface area contributed by atoms with Gasteiger partial charge in [0.05, 0.1) is 0 Å². The second kappa shape index (κ2) is 3.66. The van der Waals surface area contributed by atoms with E-state index in [1.807, 2.05) is 0 Å². The third kappa shape index (κ3) is 1.69. The first-order valence-corrected chi connectivity index (χ1v) is 11.3. The summed E-state index contributed by atoms with van der Waals surface area (Å²) in [5, 5.41) is 0. The molecule has 3 heteroatoms. The molecule has 1 aromatic carbocycles. The minimum absolute atomic E-state index is 1.05. The molecule has 0 aliphatic heterocycles. The van der Waals surface area contributed by atoms with Crippen molar-refractivity contribution in [3.63, 3.8) is 0 Å². The van der Waals surface area contributed by atoms with Crippen LogP contribution in [0.5, 0.6) is 0 Å². The number of rotatable bonds is 1. The van der Waals surface area contributed by atoms with E-state index in [1.165, 1.54) is 14.4 Å². The number of halogens is 2. The molecule has 1 aliphatic rings. The van der Waals surface area contributed by atoms with Crippen LogP contribution in [0.4, 0.5) is 0 Å². The molecule has 0 bridgehead atoms. The van der Waals surface area contributed by atoms with Crippen LogP contribution in [-0.2, 0) is 25.8 Å². The second-order valence-corrected chi connectivity index (χ2v) is 11.1. The maximum absolute atomic E-state index is 5.94. The van der Waals surface area contributed by atoms with Gasteiger partial charge in [-0.3, -0.25) is 0 Å². The average molecular weight is 277 g/mol. The molecule has 0 saturated heterocycles. The van der Waals surface area contributed by atoms with Gasteiger partial charge in [0.15, 0.2) is 0 Å². The molecule has 0 unspecified atom stereocenters. The number of benzene rings is 1. The van der Waals surface area contributed by atoms with Crippen LogP contribution >= 0.6 is 17.0 Å². The van der Waals surface area contributed by atoms with Gasteiger partial charge in [0.25, 0.3) is 0 Å². The zero-order chi connectivity index (χ0) is 8.55. The number of allylic oxidation sites excluding steroid dienone is 1. The van der Waals surface area contributed by atoms with E-state index in [1.54, 1.807) is 0 Å². The summed E-state index contributed by atoms with van der Waals surface area (Å²) in [7, 11) is 11.9. The zero-order valence-corrected chi connectivity index (χ0v) is 10.3. The van der Waals surface area contributed by atoms with Crippen molar-refractivity contribution in [3.8, 4) is 0 Å². The molecule has 2 rings (SSSR count). The minimum atomic E-state index is -2.17. The van der Waals surface area contributed by atoms with Gasteiger partial charge in [0.1, 0.15) is 0 Å². The summed E-state index contributed by atoms with van der Waals surface area (Å²) < 4.78 is 1.17. The van der Waals surface area contributed by atoms with Crippen molar-refractivity contribution in [2.75, 3.05) is 0 Å². The van der Waals surface area contributed by atoms with E-state index in [0.717, 1.165) is 6.42 Å². The standard InChI is InChI=1S/C9H7.2ClH.Zr/c1-2-5-9-7-3-6-8(9)4-1;;;/h1,3-5,7H,6H2;2*1H;/q;;;+2/p-2. The Labute approximate surface area is 87.0 Å². The molecule has 0 spiro atoms. The van der Waals surface area contributed by atoms with Gasteiger partial charge in [-0.25, -0.2) is 0 Å². The van der Waals surface area contributed by atoms with Crippen molar-refractivity contribution in [2.24, 2.45) is 0 Å². The molecule has 61 valence electrons. The number of fused-ring (bicyclic) bond motifs is 1. The second-order valence-electron chi connectivity index (χ2n) is 2.78. The molecular weight excluding hydrogens is 270 g/mol. The van der Waals surface area contributed by atoms with Crippen molar-refractivity contribution in [3.05, 3.63) is 35.4 Å². The van der Waals surface area contributed by atoms with Gasteiger partial charge in [-0.2, -0.15) is 0 Å². The van der Waals surface area contributed by atoms with Crippen molar-refractivity contribution in [1.82, 2.24) is 0 Å². The summed E-state index contributed by atoms with van der Waals surface area (Å²) in [5.74, 6) is 0. The van der Waals surface area contributed by atoms with Crippen molar-refractivity contribution < 1.29 is 19.4 Å². The Morgan fingerprint density at radius 3 is 2.83 bits per heavy atom. The fourth-order valence-electron chi connectivity index (χ4n) is 1.37.